The van der Waals surface area contributed by atoms with Crippen LogP contribution in [0, 0.1) is 45.8 Å². The number of aldehydes is 1. The Morgan fingerprint density at radius 1 is 1.04 bits per heavy atom. The van der Waals surface area contributed by atoms with Gasteiger partial charge in [-0.25, -0.2) is 0 Å². The molecular formula is C24H38O. The highest BCUT2D eigenvalue weighted by molar-refractivity contribution is 5.54. The first-order valence-electron chi connectivity index (χ1n) is 10.9. The lowest BCUT2D eigenvalue weighted by atomic mass is 9.41. The number of fused-ring (bicyclic) bond motifs is 5. The highest BCUT2D eigenvalue weighted by atomic mass is 16.1. The predicted molar refractivity (Wildman–Crippen MR) is 104 cm³/mol. The molecule has 0 unspecified atom stereocenters. The van der Waals surface area contributed by atoms with Gasteiger partial charge in [-0.1, -0.05) is 46.3 Å². The third-order valence-electron chi connectivity index (χ3n) is 9.84. The molecule has 0 spiro atoms. The summed E-state index contributed by atoms with van der Waals surface area (Å²) in [6, 6.07) is 0. The van der Waals surface area contributed by atoms with Gasteiger partial charge in [-0.15, -0.1) is 0 Å². The molecule has 0 amide bonds. The maximum absolute atomic E-state index is 11.5. The van der Waals surface area contributed by atoms with Crippen LogP contribution in [-0.2, 0) is 4.79 Å². The number of hydrogen-bond acceptors (Lipinski definition) is 1. The monoisotopic (exact) mass is 342 g/mol. The van der Waals surface area contributed by atoms with Crippen molar-refractivity contribution < 1.29 is 4.79 Å². The maximum Gasteiger partial charge on any atom is 0.123 e. The topological polar surface area (TPSA) is 17.1 Å². The average molecular weight is 343 g/mol. The Kier molecular flexibility index (Phi) is 4.06. The van der Waals surface area contributed by atoms with E-state index in [0.717, 1.165) is 17.8 Å². The number of carbonyl (C=O) groups excluding carboxylic acids is 1. The third kappa shape index (κ3) is 2.29. The molecule has 0 N–H and O–H groups in total. The molecule has 4 aliphatic rings. The number of rotatable bonds is 2. The van der Waals surface area contributed by atoms with Gasteiger partial charge >= 0.3 is 0 Å². The van der Waals surface area contributed by atoms with Gasteiger partial charge in [-0.05, 0) is 91.3 Å². The summed E-state index contributed by atoms with van der Waals surface area (Å²) < 4.78 is 0. The molecular weight excluding hydrogens is 304 g/mol. The van der Waals surface area contributed by atoms with Crippen molar-refractivity contribution in [1.29, 1.82) is 0 Å². The molecule has 1 heteroatoms. The zero-order valence-electron chi connectivity index (χ0n) is 17.1. The summed E-state index contributed by atoms with van der Waals surface area (Å²) in [6.45, 7) is 12.4. The lowest BCUT2D eigenvalue weighted by Gasteiger charge is -2.63. The summed E-state index contributed by atoms with van der Waals surface area (Å²) in [5, 5.41) is 0. The van der Waals surface area contributed by atoms with E-state index >= 15 is 0 Å². The molecule has 0 aromatic heterocycles. The van der Waals surface area contributed by atoms with Crippen LogP contribution in [-0.4, -0.2) is 6.29 Å². The zero-order chi connectivity index (χ0) is 18.0. The van der Waals surface area contributed by atoms with Crippen molar-refractivity contribution in [2.45, 2.75) is 86.0 Å². The van der Waals surface area contributed by atoms with E-state index in [1.54, 1.807) is 5.57 Å². The second-order valence-electron chi connectivity index (χ2n) is 11.0. The number of hydrogen-bond donors (Lipinski definition) is 0. The quantitative estimate of drug-likeness (QED) is 0.417. The largest absolute Gasteiger partial charge is 0.303 e. The van der Waals surface area contributed by atoms with E-state index in [4.69, 9.17) is 0 Å². The van der Waals surface area contributed by atoms with Crippen molar-refractivity contribution >= 4 is 6.29 Å². The maximum atomic E-state index is 11.5. The summed E-state index contributed by atoms with van der Waals surface area (Å²) in [7, 11) is 0. The first-order chi connectivity index (χ1) is 11.8. The van der Waals surface area contributed by atoms with E-state index in [1.807, 2.05) is 0 Å². The molecule has 0 bridgehead atoms. The van der Waals surface area contributed by atoms with Gasteiger partial charge in [0.1, 0.15) is 6.29 Å². The van der Waals surface area contributed by atoms with Gasteiger partial charge < -0.3 is 4.79 Å². The molecule has 3 fully saturated rings. The molecule has 140 valence electrons. The molecule has 1 nitrogen and oxygen atoms in total. The van der Waals surface area contributed by atoms with Gasteiger partial charge in [0.25, 0.3) is 0 Å². The first-order valence-corrected chi connectivity index (χ1v) is 10.9. The molecule has 4 rings (SSSR count). The van der Waals surface area contributed by atoms with Crippen molar-refractivity contribution in [1.82, 2.24) is 0 Å². The van der Waals surface area contributed by atoms with Crippen molar-refractivity contribution in [2.24, 2.45) is 45.8 Å². The van der Waals surface area contributed by atoms with Crippen molar-refractivity contribution in [3.8, 4) is 0 Å². The molecule has 0 radical (unpaired) electrons. The third-order valence-corrected chi connectivity index (χ3v) is 9.84. The second-order valence-corrected chi connectivity index (χ2v) is 11.0. The van der Waals surface area contributed by atoms with Gasteiger partial charge in [0, 0.05) is 5.92 Å². The van der Waals surface area contributed by atoms with Crippen LogP contribution in [0.5, 0.6) is 0 Å². The molecule has 0 aliphatic heterocycles. The molecule has 4 aliphatic carbocycles. The van der Waals surface area contributed by atoms with Crippen LogP contribution in [0.25, 0.3) is 0 Å². The molecule has 0 aromatic carbocycles. The van der Waals surface area contributed by atoms with Crippen LogP contribution >= 0.6 is 0 Å². The van der Waals surface area contributed by atoms with E-state index in [0.29, 0.717) is 22.2 Å². The average Bonchev–Trinajstić information content (AvgIpc) is 2.93. The van der Waals surface area contributed by atoms with Crippen molar-refractivity contribution in [3.05, 3.63) is 11.6 Å². The van der Waals surface area contributed by atoms with E-state index in [2.05, 4.69) is 40.7 Å². The Bertz CT molecular complexity index is 591. The molecule has 25 heavy (non-hydrogen) atoms. The lowest BCUT2D eigenvalue weighted by molar-refractivity contribution is -0.123. The summed E-state index contributed by atoms with van der Waals surface area (Å²) in [5.74, 6) is 3.38. The summed E-state index contributed by atoms with van der Waals surface area (Å²) in [5.41, 5.74) is 3.08. The Labute approximate surface area is 155 Å². The zero-order valence-corrected chi connectivity index (χ0v) is 17.1. The van der Waals surface area contributed by atoms with Crippen molar-refractivity contribution in [2.75, 3.05) is 0 Å². The fourth-order valence-corrected chi connectivity index (χ4v) is 8.50. The van der Waals surface area contributed by atoms with E-state index in [-0.39, 0.29) is 5.92 Å². The number of carbonyl (C=O) groups is 1. The fraction of sp³-hybridized carbons (Fsp3) is 0.875. The van der Waals surface area contributed by atoms with E-state index in [9.17, 15) is 4.79 Å². The predicted octanol–water partition coefficient (Wildman–Crippen LogP) is 6.43. The summed E-state index contributed by atoms with van der Waals surface area (Å²) in [4.78, 5) is 11.5. The van der Waals surface area contributed by atoms with Gasteiger partial charge in [-0.2, -0.15) is 0 Å². The minimum Gasteiger partial charge on any atom is -0.303 e. The Hall–Kier alpha value is -0.590. The Balaban J connectivity index is 1.71. The van der Waals surface area contributed by atoms with Crippen LogP contribution in [0.3, 0.4) is 0 Å². The molecule has 8 atom stereocenters. The van der Waals surface area contributed by atoms with Crippen LogP contribution in [0.2, 0.25) is 0 Å². The van der Waals surface area contributed by atoms with Gasteiger partial charge in [-0.3, -0.25) is 0 Å². The standard InChI is InChI=1S/C24H38O/c1-16-8-11-22(3)18(14-16)9-12-24(5)20-7-6-19(17(2)15-25)23(20,4)13-10-21(22)24/h9,15-17,19-21H,6-8,10-14H2,1-5H3/t16-,17+,19+,20+,21+,22-,23+,24-/m0/s1. The summed E-state index contributed by atoms with van der Waals surface area (Å²) >= 11 is 0. The second kappa shape index (κ2) is 5.70. The Morgan fingerprint density at radius 2 is 1.80 bits per heavy atom. The SMILES string of the molecule is C[C@H]1CC[C@@]2(C)C(=CC[C@@]3(C)[C@@H]4CC[C@H]([C@H](C)C=O)[C@@]4(C)CC[C@@H]32)C1. The van der Waals surface area contributed by atoms with E-state index < -0.39 is 0 Å². The van der Waals surface area contributed by atoms with Gasteiger partial charge in [0.15, 0.2) is 0 Å². The minimum absolute atomic E-state index is 0.232. The molecule has 0 heterocycles. The molecule has 3 saturated carbocycles. The minimum atomic E-state index is 0.232. The molecule has 0 saturated heterocycles. The van der Waals surface area contributed by atoms with Crippen molar-refractivity contribution in [3.63, 3.8) is 0 Å². The smallest absolute Gasteiger partial charge is 0.123 e. The number of allylic oxidation sites excluding steroid dienone is 2. The van der Waals surface area contributed by atoms with Gasteiger partial charge in [0.2, 0.25) is 0 Å². The van der Waals surface area contributed by atoms with E-state index in [1.165, 1.54) is 57.7 Å². The summed E-state index contributed by atoms with van der Waals surface area (Å²) in [6.07, 6.45) is 14.7. The highest BCUT2D eigenvalue weighted by Gasteiger charge is 2.63. The first kappa shape index (κ1) is 17.8. The van der Waals surface area contributed by atoms with Crippen LogP contribution in [0.1, 0.15) is 86.0 Å². The van der Waals surface area contributed by atoms with Crippen LogP contribution in [0.15, 0.2) is 11.6 Å². The fourth-order valence-electron chi connectivity index (χ4n) is 8.50. The Morgan fingerprint density at radius 3 is 2.52 bits per heavy atom. The lowest BCUT2D eigenvalue weighted by Crippen LogP contribution is -2.56. The highest BCUT2D eigenvalue weighted by Crippen LogP contribution is 2.71. The molecule has 0 aromatic rings. The van der Waals surface area contributed by atoms with Crippen LogP contribution < -0.4 is 0 Å². The normalized spacial score (nSPS) is 53.2. The van der Waals surface area contributed by atoms with Crippen LogP contribution in [0.4, 0.5) is 0 Å². The van der Waals surface area contributed by atoms with Gasteiger partial charge in [0.05, 0.1) is 0 Å².